The maximum Gasteiger partial charge on any atom is 0.261 e. The third-order valence-electron chi connectivity index (χ3n) is 2.35. The molecule has 0 spiro atoms. The third kappa shape index (κ3) is 3.98. The molecule has 0 aliphatic heterocycles. The maximum atomic E-state index is 11.6. The standard InChI is InChI=1S/C13H19NO3/c1-4-12(13(15)14-5-2)17-11-8-6-10(16-3)7-9-11/h6-9,12H,4-5H2,1-3H3,(H,14,15)/t12-/m1/s1. The first-order valence-electron chi connectivity index (χ1n) is 5.79. The molecule has 0 fully saturated rings. The van der Waals surface area contributed by atoms with Crippen LogP contribution in [0.1, 0.15) is 20.3 Å². The Bertz CT molecular complexity index is 348. The summed E-state index contributed by atoms with van der Waals surface area (Å²) < 4.78 is 10.7. The van der Waals surface area contributed by atoms with Crippen LogP contribution in [0.15, 0.2) is 24.3 Å². The smallest absolute Gasteiger partial charge is 0.261 e. The number of methoxy groups -OCH3 is 1. The minimum Gasteiger partial charge on any atom is -0.497 e. The fourth-order valence-electron chi connectivity index (χ4n) is 1.43. The molecule has 4 nitrogen and oxygen atoms in total. The topological polar surface area (TPSA) is 47.6 Å². The van der Waals surface area contributed by atoms with Crippen LogP contribution in [0.25, 0.3) is 0 Å². The molecular formula is C13H19NO3. The summed E-state index contributed by atoms with van der Waals surface area (Å²) in [6.45, 7) is 4.42. The van der Waals surface area contributed by atoms with Gasteiger partial charge in [-0.1, -0.05) is 6.92 Å². The van der Waals surface area contributed by atoms with E-state index >= 15 is 0 Å². The van der Waals surface area contributed by atoms with E-state index < -0.39 is 6.10 Å². The van der Waals surface area contributed by atoms with Crippen molar-refractivity contribution in [2.24, 2.45) is 0 Å². The van der Waals surface area contributed by atoms with Gasteiger partial charge in [0.05, 0.1) is 7.11 Å². The molecule has 0 aliphatic carbocycles. The molecule has 1 aromatic carbocycles. The number of rotatable bonds is 6. The number of likely N-dealkylation sites (N-methyl/N-ethyl adjacent to an activating group) is 1. The second kappa shape index (κ2) is 6.78. The second-order valence-corrected chi connectivity index (χ2v) is 3.58. The molecule has 1 atom stereocenters. The van der Waals surface area contributed by atoms with Crippen LogP contribution >= 0.6 is 0 Å². The van der Waals surface area contributed by atoms with Gasteiger partial charge in [0.15, 0.2) is 6.10 Å². The Morgan fingerprint density at radius 1 is 1.24 bits per heavy atom. The summed E-state index contributed by atoms with van der Waals surface area (Å²) in [6.07, 6.45) is 0.195. The van der Waals surface area contributed by atoms with Crippen LogP contribution in [0.2, 0.25) is 0 Å². The Kier molecular flexibility index (Phi) is 5.33. The van der Waals surface area contributed by atoms with E-state index in [9.17, 15) is 4.79 Å². The van der Waals surface area contributed by atoms with E-state index in [1.165, 1.54) is 0 Å². The zero-order chi connectivity index (χ0) is 12.7. The van der Waals surface area contributed by atoms with Gasteiger partial charge in [0.25, 0.3) is 5.91 Å². The number of hydrogen-bond donors (Lipinski definition) is 1. The molecule has 0 aromatic heterocycles. The minimum absolute atomic E-state index is 0.0779. The number of hydrogen-bond acceptors (Lipinski definition) is 3. The van der Waals surface area contributed by atoms with Crippen LogP contribution in [0.4, 0.5) is 0 Å². The lowest BCUT2D eigenvalue weighted by atomic mass is 10.2. The summed E-state index contributed by atoms with van der Waals surface area (Å²) in [4.78, 5) is 11.6. The van der Waals surface area contributed by atoms with E-state index in [2.05, 4.69) is 5.32 Å². The van der Waals surface area contributed by atoms with E-state index in [-0.39, 0.29) is 5.91 Å². The van der Waals surface area contributed by atoms with Crippen LogP contribution in [0, 0.1) is 0 Å². The van der Waals surface area contributed by atoms with Crippen molar-refractivity contribution >= 4 is 5.91 Å². The molecule has 1 amide bonds. The van der Waals surface area contributed by atoms with Crippen LogP contribution < -0.4 is 14.8 Å². The first-order chi connectivity index (χ1) is 8.21. The van der Waals surface area contributed by atoms with Crippen LogP contribution in [0.3, 0.4) is 0 Å². The lowest BCUT2D eigenvalue weighted by molar-refractivity contribution is -0.128. The molecule has 1 N–H and O–H groups in total. The molecule has 0 heterocycles. The van der Waals surface area contributed by atoms with Crippen molar-refractivity contribution in [3.8, 4) is 11.5 Å². The highest BCUT2D eigenvalue weighted by Gasteiger charge is 2.17. The SMILES string of the molecule is CCNC(=O)[C@@H](CC)Oc1ccc(OC)cc1. The van der Waals surface area contributed by atoms with Crippen molar-refractivity contribution in [3.63, 3.8) is 0 Å². The van der Waals surface area contributed by atoms with E-state index in [0.29, 0.717) is 18.7 Å². The molecule has 0 bridgehead atoms. The van der Waals surface area contributed by atoms with Crippen LogP contribution in [-0.4, -0.2) is 25.7 Å². The lowest BCUT2D eigenvalue weighted by Gasteiger charge is -2.16. The zero-order valence-corrected chi connectivity index (χ0v) is 10.5. The predicted octanol–water partition coefficient (Wildman–Crippen LogP) is 1.99. The molecule has 1 rings (SSSR count). The van der Waals surface area contributed by atoms with Crippen molar-refractivity contribution in [2.45, 2.75) is 26.4 Å². The number of ether oxygens (including phenoxy) is 2. The largest absolute Gasteiger partial charge is 0.497 e. The third-order valence-corrected chi connectivity index (χ3v) is 2.35. The summed E-state index contributed by atoms with van der Waals surface area (Å²) in [6, 6.07) is 7.20. The van der Waals surface area contributed by atoms with Crippen LogP contribution in [0.5, 0.6) is 11.5 Å². The molecule has 0 radical (unpaired) electrons. The predicted molar refractivity (Wildman–Crippen MR) is 66.4 cm³/mol. The normalized spacial score (nSPS) is 11.7. The molecule has 0 aliphatic rings. The van der Waals surface area contributed by atoms with Crippen molar-refractivity contribution in [2.75, 3.05) is 13.7 Å². The number of nitrogens with one attached hydrogen (secondary N) is 1. The average molecular weight is 237 g/mol. The lowest BCUT2D eigenvalue weighted by Crippen LogP contribution is -2.37. The Hall–Kier alpha value is -1.71. The van der Waals surface area contributed by atoms with Crippen molar-refractivity contribution in [1.29, 1.82) is 0 Å². The fourth-order valence-corrected chi connectivity index (χ4v) is 1.43. The number of carbonyl (C=O) groups is 1. The van der Waals surface area contributed by atoms with E-state index in [1.54, 1.807) is 31.4 Å². The van der Waals surface area contributed by atoms with Gasteiger partial charge >= 0.3 is 0 Å². The van der Waals surface area contributed by atoms with Crippen LogP contribution in [-0.2, 0) is 4.79 Å². The van der Waals surface area contributed by atoms with E-state index in [0.717, 1.165) is 5.75 Å². The summed E-state index contributed by atoms with van der Waals surface area (Å²) in [7, 11) is 1.61. The Labute approximate surface area is 102 Å². The maximum absolute atomic E-state index is 11.6. The van der Waals surface area contributed by atoms with Gasteiger partial charge in [-0.15, -0.1) is 0 Å². The molecule has 17 heavy (non-hydrogen) atoms. The summed E-state index contributed by atoms with van der Waals surface area (Å²) >= 11 is 0. The fraction of sp³-hybridized carbons (Fsp3) is 0.462. The summed E-state index contributed by atoms with van der Waals surface area (Å²) in [5.41, 5.74) is 0. The quantitative estimate of drug-likeness (QED) is 0.823. The van der Waals surface area contributed by atoms with Gasteiger partial charge in [0, 0.05) is 6.54 Å². The van der Waals surface area contributed by atoms with Gasteiger partial charge in [-0.05, 0) is 37.6 Å². The van der Waals surface area contributed by atoms with Gasteiger partial charge in [-0.25, -0.2) is 0 Å². The Morgan fingerprint density at radius 2 is 1.82 bits per heavy atom. The molecule has 94 valence electrons. The van der Waals surface area contributed by atoms with Gasteiger partial charge in [0.1, 0.15) is 11.5 Å². The molecule has 1 aromatic rings. The number of carbonyl (C=O) groups excluding carboxylic acids is 1. The van der Waals surface area contributed by atoms with Gasteiger partial charge in [0.2, 0.25) is 0 Å². The summed E-state index contributed by atoms with van der Waals surface area (Å²) in [5, 5.41) is 2.75. The highest BCUT2D eigenvalue weighted by atomic mass is 16.5. The van der Waals surface area contributed by atoms with Crippen molar-refractivity contribution in [3.05, 3.63) is 24.3 Å². The van der Waals surface area contributed by atoms with Crippen molar-refractivity contribution < 1.29 is 14.3 Å². The molecule has 0 unspecified atom stereocenters. The van der Waals surface area contributed by atoms with E-state index in [4.69, 9.17) is 9.47 Å². The van der Waals surface area contributed by atoms with E-state index in [1.807, 2.05) is 13.8 Å². The average Bonchev–Trinajstić information content (AvgIpc) is 2.37. The highest BCUT2D eigenvalue weighted by molar-refractivity contribution is 5.80. The monoisotopic (exact) mass is 237 g/mol. The Morgan fingerprint density at radius 3 is 2.29 bits per heavy atom. The first kappa shape index (κ1) is 13.4. The van der Waals surface area contributed by atoms with Gasteiger partial charge in [-0.2, -0.15) is 0 Å². The van der Waals surface area contributed by atoms with Crippen molar-refractivity contribution in [1.82, 2.24) is 5.32 Å². The zero-order valence-electron chi connectivity index (χ0n) is 10.5. The highest BCUT2D eigenvalue weighted by Crippen LogP contribution is 2.18. The number of amides is 1. The second-order valence-electron chi connectivity index (χ2n) is 3.58. The summed E-state index contributed by atoms with van der Waals surface area (Å²) in [5.74, 6) is 1.36. The van der Waals surface area contributed by atoms with Gasteiger partial charge in [-0.3, -0.25) is 4.79 Å². The number of benzene rings is 1. The molecule has 4 heteroatoms. The molecule has 0 saturated carbocycles. The van der Waals surface area contributed by atoms with Gasteiger partial charge < -0.3 is 14.8 Å². The first-order valence-corrected chi connectivity index (χ1v) is 5.79. The Balaban J connectivity index is 2.63. The minimum atomic E-state index is -0.441. The molecular weight excluding hydrogens is 218 g/mol. The molecule has 0 saturated heterocycles.